The van der Waals surface area contributed by atoms with E-state index in [1.807, 2.05) is 0 Å². The molecule has 1 saturated carbocycles. The van der Waals surface area contributed by atoms with Crippen molar-refractivity contribution in [1.82, 2.24) is 0 Å². The van der Waals surface area contributed by atoms with Crippen LogP contribution in [0.15, 0.2) is 68.4 Å². The van der Waals surface area contributed by atoms with E-state index in [0.29, 0.717) is 16.3 Å². The van der Waals surface area contributed by atoms with Gasteiger partial charge in [-0.3, -0.25) is 0 Å². The standard InChI is InChI=1S/C33H34O14/c1-32(2,40)24(16-44-30-28-19(10-11-43-28)13-18-6-9-26(37)47-29(18)30)46-31(39)33(41)14-21(35)27(38)23(15-33)45-25(36)8-5-17-4-7-20(34)22(12-17)42-3/h4-13,21,23-24,27,34-35,38,40-41H,14-16H2,1-3H3. The number of phenolic OH excluding ortho intramolecular Hbond substituents is 1. The van der Waals surface area contributed by atoms with E-state index in [0.717, 1.165) is 6.08 Å². The molecule has 0 saturated heterocycles. The van der Waals surface area contributed by atoms with Crippen LogP contribution in [0.2, 0.25) is 0 Å². The summed E-state index contributed by atoms with van der Waals surface area (Å²) >= 11 is 0. The predicted octanol–water partition coefficient (Wildman–Crippen LogP) is 2.19. The number of aliphatic hydroxyl groups is 4. The second kappa shape index (κ2) is 13.1. The van der Waals surface area contributed by atoms with Gasteiger partial charge in [0.1, 0.15) is 18.8 Å². The Hall–Kier alpha value is -4.89. The minimum absolute atomic E-state index is 0.0196. The number of phenols is 1. The molecule has 5 unspecified atom stereocenters. The Morgan fingerprint density at radius 1 is 1.09 bits per heavy atom. The van der Waals surface area contributed by atoms with Crippen LogP contribution in [0.25, 0.3) is 28.0 Å². The van der Waals surface area contributed by atoms with Gasteiger partial charge in [0.15, 0.2) is 34.4 Å². The number of carbonyl (C=O) groups excluding carboxylic acids is 2. The van der Waals surface area contributed by atoms with Gasteiger partial charge in [-0.05, 0) is 55.8 Å². The molecule has 14 nitrogen and oxygen atoms in total. The van der Waals surface area contributed by atoms with Gasteiger partial charge in [0.2, 0.25) is 5.75 Å². The Morgan fingerprint density at radius 2 is 1.83 bits per heavy atom. The number of furan rings is 1. The highest BCUT2D eigenvalue weighted by Gasteiger charge is 2.52. The molecule has 5 rings (SSSR count). The number of methoxy groups -OCH3 is 1. The first-order valence-corrected chi connectivity index (χ1v) is 14.5. The van der Waals surface area contributed by atoms with Crippen molar-refractivity contribution in [2.45, 2.75) is 62.3 Å². The second-order valence-electron chi connectivity index (χ2n) is 11.8. The number of hydrogen-bond donors (Lipinski definition) is 5. The molecule has 1 fully saturated rings. The molecule has 250 valence electrons. The molecule has 0 spiro atoms. The van der Waals surface area contributed by atoms with Crippen molar-refractivity contribution in [2.24, 2.45) is 0 Å². The maximum atomic E-state index is 13.4. The van der Waals surface area contributed by atoms with Crippen LogP contribution in [0.4, 0.5) is 0 Å². The molecule has 0 aliphatic heterocycles. The molecule has 1 aliphatic carbocycles. The van der Waals surface area contributed by atoms with Crippen LogP contribution in [0.1, 0.15) is 32.3 Å². The summed E-state index contributed by atoms with van der Waals surface area (Å²) in [5.74, 6) is -2.15. The van der Waals surface area contributed by atoms with E-state index in [4.69, 9.17) is 27.8 Å². The van der Waals surface area contributed by atoms with Gasteiger partial charge in [0.25, 0.3) is 0 Å². The van der Waals surface area contributed by atoms with E-state index in [2.05, 4.69) is 0 Å². The average molecular weight is 655 g/mol. The molecule has 2 aromatic heterocycles. The summed E-state index contributed by atoms with van der Waals surface area (Å²) in [5, 5.41) is 54.1. The molecule has 0 bridgehead atoms. The Morgan fingerprint density at radius 3 is 2.55 bits per heavy atom. The van der Waals surface area contributed by atoms with Crippen LogP contribution >= 0.6 is 0 Å². The van der Waals surface area contributed by atoms with Crippen molar-refractivity contribution >= 4 is 40.0 Å². The van der Waals surface area contributed by atoms with Gasteiger partial charge in [-0.15, -0.1) is 0 Å². The van der Waals surface area contributed by atoms with E-state index < -0.39 is 72.6 Å². The minimum Gasteiger partial charge on any atom is -0.504 e. The molecule has 47 heavy (non-hydrogen) atoms. The molecule has 1 aliphatic rings. The first-order valence-electron chi connectivity index (χ1n) is 14.5. The highest BCUT2D eigenvalue weighted by atomic mass is 16.6. The topological polar surface area (TPSA) is 216 Å². The summed E-state index contributed by atoms with van der Waals surface area (Å²) in [6, 6.07) is 10.5. The molecule has 4 aromatic rings. The second-order valence-corrected chi connectivity index (χ2v) is 11.8. The molecule has 0 amide bonds. The molecule has 2 heterocycles. The number of hydrogen-bond acceptors (Lipinski definition) is 14. The Balaban J connectivity index is 1.31. The largest absolute Gasteiger partial charge is 0.504 e. The van der Waals surface area contributed by atoms with Crippen molar-refractivity contribution in [3.05, 3.63) is 70.8 Å². The van der Waals surface area contributed by atoms with Crippen molar-refractivity contribution < 1.29 is 62.9 Å². The lowest BCUT2D eigenvalue weighted by atomic mass is 9.79. The number of benzene rings is 2. The van der Waals surface area contributed by atoms with Crippen LogP contribution in [0.5, 0.6) is 17.2 Å². The number of aromatic hydroxyl groups is 1. The lowest BCUT2D eigenvalue weighted by Gasteiger charge is -2.41. The lowest BCUT2D eigenvalue weighted by molar-refractivity contribution is -0.210. The van der Waals surface area contributed by atoms with Gasteiger partial charge in [-0.25, -0.2) is 14.4 Å². The third kappa shape index (κ3) is 7.25. The van der Waals surface area contributed by atoms with Gasteiger partial charge in [-0.1, -0.05) is 6.07 Å². The number of carbonyl (C=O) groups is 2. The highest BCUT2D eigenvalue weighted by molar-refractivity contribution is 6.00. The predicted molar refractivity (Wildman–Crippen MR) is 164 cm³/mol. The van der Waals surface area contributed by atoms with Crippen LogP contribution in [0.3, 0.4) is 0 Å². The van der Waals surface area contributed by atoms with Crippen LogP contribution in [-0.2, 0) is 19.1 Å². The van der Waals surface area contributed by atoms with Gasteiger partial charge in [-0.2, -0.15) is 0 Å². The maximum absolute atomic E-state index is 13.4. The van der Waals surface area contributed by atoms with E-state index in [1.165, 1.54) is 63.6 Å². The fraction of sp³-hybridized carbons (Fsp3) is 0.364. The molecular weight excluding hydrogens is 620 g/mol. The van der Waals surface area contributed by atoms with Crippen LogP contribution < -0.4 is 15.1 Å². The molecule has 5 atom stereocenters. The van der Waals surface area contributed by atoms with Crippen molar-refractivity contribution in [3.8, 4) is 17.2 Å². The van der Waals surface area contributed by atoms with E-state index in [1.54, 1.807) is 12.1 Å². The Labute approximate surface area is 267 Å². The number of esters is 2. The first-order chi connectivity index (χ1) is 22.2. The number of ether oxygens (including phenoxy) is 4. The van der Waals surface area contributed by atoms with Crippen LogP contribution in [-0.4, -0.2) is 86.8 Å². The monoisotopic (exact) mass is 654 g/mol. The fourth-order valence-corrected chi connectivity index (χ4v) is 5.20. The zero-order chi connectivity index (χ0) is 34.1. The smallest absolute Gasteiger partial charge is 0.338 e. The Bertz CT molecular complexity index is 1860. The maximum Gasteiger partial charge on any atom is 0.338 e. The number of rotatable bonds is 10. The van der Waals surface area contributed by atoms with Crippen LogP contribution in [0, 0.1) is 0 Å². The minimum atomic E-state index is -2.44. The number of aliphatic hydroxyl groups excluding tert-OH is 2. The number of fused-ring (bicyclic) bond motifs is 2. The SMILES string of the molecule is COc1cc(C=CC(=O)OC2CC(O)(C(=O)OC(COc3c4occc4cc4ccc(=O)oc34)C(C)(C)O)CC(O)C2O)ccc1O. The van der Waals surface area contributed by atoms with E-state index >= 15 is 0 Å². The summed E-state index contributed by atoms with van der Waals surface area (Å²) in [7, 11) is 1.36. The molecule has 5 N–H and O–H groups in total. The Kier molecular flexibility index (Phi) is 9.32. The fourth-order valence-electron chi connectivity index (χ4n) is 5.20. The van der Waals surface area contributed by atoms with E-state index in [9.17, 15) is 39.9 Å². The summed E-state index contributed by atoms with van der Waals surface area (Å²) in [4.78, 5) is 38.0. The first kappa shape index (κ1) is 33.5. The molecular formula is C33H34O14. The third-order valence-corrected chi connectivity index (χ3v) is 7.82. The van der Waals surface area contributed by atoms with E-state index in [-0.39, 0.29) is 28.4 Å². The third-order valence-electron chi connectivity index (χ3n) is 7.82. The van der Waals surface area contributed by atoms with Crippen molar-refractivity contribution in [2.75, 3.05) is 13.7 Å². The van der Waals surface area contributed by atoms with Crippen molar-refractivity contribution in [1.29, 1.82) is 0 Å². The molecule has 2 aromatic carbocycles. The quantitative estimate of drug-likeness (QED) is 0.0942. The normalized spacial score (nSPS) is 22.3. The molecule has 14 heteroatoms. The zero-order valence-corrected chi connectivity index (χ0v) is 25.6. The summed E-state index contributed by atoms with van der Waals surface area (Å²) < 4.78 is 32.6. The van der Waals surface area contributed by atoms with Gasteiger partial charge in [0.05, 0.1) is 25.1 Å². The average Bonchev–Trinajstić information content (AvgIpc) is 3.48. The summed E-state index contributed by atoms with van der Waals surface area (Å²) in [6.07, 6.45) is -3.81. The zero-order valence-electron chi connectivity index (χ0n) is 25.6. The van der Waals surface area contributed by atoms with Gasteiger partial charge in [0, 0.05) is 35.8 Å². The lowest BCUT2D eigenvalue weighted by Crippen LogP contribution is -2.59. The van der Waals surface area contributed by atoms with Gasteiger partial charge >= 0.3 is 17.6 Å². The van der Waals surface area contributed by atoms with Crippen molar-refractivity contribution in [3.63, 3.8) is 0 Å². The summed E-state index contributed by atoms with van der Waals surface area (Å²) in [6.45, 7) is 2.18. The highest BCUT2D eigenvalue weighted by Crippen LogP contribution is 2.37. The molecule has 0 radical (unpaired) electrons. The van der Waals surface area contributed by atoms with Gasteiger partial charge < -0.3 is 53.3 Å². The summed E-state index contributed by atoms with van der Waals surface area (Å²) in [5.41, 5.74) is -4.06.